The monoisotopic (exact) mass is 479 g/mol. The molecule has 1 atom stereocenters. The van der Waals surface area contributed by atoms with E-state index in [1.54, 1.807) is 26.2 Å². The normalized spacial score (nSPS) is 12.0. The second kappa shape index (κ2) is 10.5. The fourth-order valence-corrected chi connectivity index (χ4v) is 4.52. The summed E-state index contributed by atoms with van der Waals surface area (Å²) in [5, 5.41) is 3.00. The summed E-state index contributed by atoms with van der Waals surface area (Å²) in [7, 11) is -0.479. The predicted molar refractivity (Wildman–Crippen MR) is 134 cm³/mol. The van der Waals surface area contributed by atoms with Crippen LogP contribution in [0, 0.1) is 6.92 Å². The third kappa shape index (κ3) is 6.02. The molecule has 0 aliphatic heterocycles. The molecule has 178 valence electrons. The summed E-state index contributed by atoms with van der Waals surface area (Å²) in [5.74, 6) is -0.643. The second-order valence-electron chi connectivity index (χ2n) is 8.28. The van der Waals surface area contributed by atoms with Crippen LogP contribution in [0.3, 0.4) is 0 Å². The number of carbonyl (C=O) groups excluding carboxylic acids is 2. The van der Waals surface area contributed by atoms with Crippen molar-refractivity contribution >= 4 is 27.5 Å². The molecule has 3 aromatic carbocycles. The van der Waals surface area contributed by atoms with Gasteiger partial charge in [-0.25, -0.2) is 8.42 Å². The first-order valence-electron chi connectivity index (χ1n) is 10.8. The SMILES string of the molecule is Cc1ccccc1C(NC(=O)CN(c1ccc(C(=O)N(C)C)cc1)S(C)(=O)=O)c1ccccc1. The molecule has 2 amide bonds. The summed E-state index contributed by atoms with van der Waals surface area (Å²) in [4.78, 5) is 26.7. The molecule has 0 saturated heterocycles. The van der Waals surface area contributed by atoms with E-state index < -0.39 is 28.5 Å². The van der Waals surface area contributed by atoms with E-state index >= 15 is 0 Å². The zero-order valence-corrected chi connectivity index (χ0v) is 20.5. The van der Waals surface area contributed by atoms with Crippen LogP contribution in [0.1, 0.15) is 33.1 Å². The number of hydrogen-bond donors (Lipinski definition) is 1. The molecule has 0 aliphatic rings. The first-order chi connectivity index (χ1) is 16.1. The van der Waals surface area contributed by atoms with Crippen LogP contribution in [0.5, 0.6) is 0 Å². The lowest BCUT2D eigenvalue weighted by molar-refractivity contribution is -0.120. The van der Waals surface area contributed by atoms with Gasteiger partial charge in [0.15, 0.2) is 0 Å². The molecule has 34 heavy (non-hydrogen) atoms. The number of sulfonamides is 1. The molecule has 0 fully saturated rings. The lowest BCUT2D eigenvalue weighted by atomic mass is 9.95. The van der Waals surface area contributed by atoms with Gasteiger partial charge in [0, 0.05) is 19.7 Å². The number of carbonyl (C=O) groups is 2. The van der Waals surface area contributed by atoms with E-state index in [0.717, 1.165) is 27.3 Å². The molecule has 0 aromatic heterocycles. The van der Waals surface area contributed by atoms with Crippen LogP contribution >= 0.6 is 0 Å². The van der Waals surface area contributed by atoms with Gasteiger partial charge in [0.05, 0.1) is 18.0 Å². The Morgan fingerprint density at radius 3 is 2.03 bits per heavy atom. The molecule has 0 heterocycles. The van der Waals surface area contributed by atoms with Crippen molar-refractivity contribution in [3.8, 4) is 0 Å². The summed E-state index contributed by atoms with van der Waals surface area (Å²) in [6.07, 6.45) is 1.05. The van der Waals surface area contributed by atoms with Crippen LogP contribution < -0.4 is 9.62 Å². The number of aryl methyl sites for hydroxylation is 1. The van der Waals surface area contributed by atoms with Crippen molar-refractivity contribution in [2.24, 2.45) is 0 Å². The van der Waals surface area contributed by atoms with Crippen molar-refractivity contribution < 1.29 is 18.0 Å². The largest absolute Gasteiger partial charge is 0.345 e. The molecule has 0 aliphatic carbocycles. The minimum Gasteiger partial charge on any atom is -0.345 e. The summed E-state index contributed by atoms with van der Waals surface area (Å²) in [5.41, 5.74) is 3.57. The Labute approximate surface area is 201 Å². The van der Waals surface area contributed by atoms with Gasteiger partial charge in [-0.15, -0.1) is 0 Å². The smallest absolute Gasteiger partial charge is 0.253 e. The molecule has 8 heteroatoms. The van der Waals surface area contributed by atoms with E-state index in [2.05, 4.69) is 5.32 Å². The molecule has 7 nitrogen and oxygen atoms in total. The predicted octanol–water partition coefficient (Wildman–Crippen LogP) is 3.37. The molecule has 1 unspecified atom stereocenters. The minimum atomic E-state index is -3.76. The maximum atomic E-state index is 13.1. The first-order valence-corrected chi connectivity index (χ1v) is 12.6. The van der Waals surface area contributed by atoms with Crippen molar-refractivity contribution in [1.29, 1.82) is 0 Å². The van der Waals surface area contributed by atoms with Crippen LogP contribution in [0.4, 0.5) is 5.69 Å². The Morgan fingerprint density at radius 2 is 1.47 bits per heavy atom. The first kappa shape index (κ1) is 25.0. The third-order valence-electron chi connectivity index (χ3n) is 5.43. The van der Waals surface area contributed by atoms with E-state index in [0.29, 0.717) is 11.3 Å². The molecule has 0 spiro atoms. The second-order valence-corrected chi connectivity index (χ2v) is 10.2. The summed E-state index contributed by atoms with van der Waals surface area (Å²) in [6, 6.07) is 23.0. The highest BCUT2D eigenvalue weighted by atomic mass is 32.2. The highest BCUT2D eigenvalue weighted by Gasteiger charge is 2.24. The van der Waals surface area contributed by atoms with Gasteiger partial charge >= 0.3 is 0 Å². The minimum absolute atomic E-state index is 0.195. The number of nitrogens with one attached hydrogen (secondary N) is 1. The molecule has 3 aromatic rings. The number of amides is 2. The van der Waals surface area contributed by atoms with Crippen LogP contribution in [0.2, 0.25) is 0 Å². The number of anilines is 1. The summed E-state index contributed by atoms with van der Waals surface area (Å²) in [6.45, 7) is 1.58. The van der Waals surface area contributed by atoms with E-state index in [1.807, 2.05) is 61.5 Å². The van der Waals surface area contributed by atoms with E-state index in [-0.39, 0.29) is 5.91 Å². The summed E-state index contributed by atoms with van der Waals surface area (Å²) < 4.78 is 26.1. The molecule has 3 rings (SSSR count). The van der Waals surface area contributed by atoms with Gasteiger partial charge in [-0.2, -0.15) is 0 Å². The standard InChI is InChI=1S/C26H29N3O4S/c1-19-10-8-9-13-23(19)25(20-11-6-5-7-12-20)27-24(30)18-29(34(4,32)33)22-16-14-21(15-17-22)26(31)28(2)3/h5-17,25H,18H2,1-4H3,(H,27,30). The van der Waals surface area contributed by atoms with Gasteiger partial charge in [0.25, 0.3) is 5.91 Å². The van der Waals surface area contributed by atoms with Gasteiger partial charge < -0.3 is 10.2 Å². The van der Waals surface area contributed by atoms with Crippen molar-refractivity contribution in [3.63, 3.8) is 0 Å². The van der Waals surface area contributed by atoms with E-state index in [4.69, 9.17) is 0 Å². The number of hydrogen-bond acceptors (Lipinski definition) is 4. The van der Waals surface area contributed by atoms with Crippen LogP contribution in [0.25, 0.3) is 0 Å². The van der Waals surface area contributed by atoms with Crippen molar-refractivity contribution in [3.05, 3.63) is 101 Å². The number of benzene rings is 3. The Balaban J connectivity index is 1.88. The van der Waals surface area contributed by atoms with Crippen LogP contribution in [-0.4, -0.2) is 52.0 Å². The van der Waals surface area contributed by atoms with Crippen molar-refractivity contribution in [2.75, 3.05) is 31.2 Å². The van der Waals surface area contributed by atoms with Gasteiger partial charge in [-0.05, 0) is 47.9 Å². The van der Waals surface area contributed by atoms with Crippen LogP contribution in [0.15, 0.2) is 78.9 Å². The Morgan fingerprint density at radius 1 is 0.882 bits per heavy atom. The molecule has 0 bridgehead atoms. The Kier molecular flexibility index (Phi) is 7.73. The zero-order chi connectivity index (χ0) is 24.9. The lowest BCUT2D eigenvalue weighted by Crippen LogP contribution is -2.42. The van der Waals surface area contributed by atoms with Gasteiger partial charge in [-0.3, -0.25) is 13.9 Å². The maximum absolute atomic E-state index is 13.1. The zero-order valence-electron chi connectivity index (χ0n) is 19.7. The Bertz CT molecular complexity index is 1260. The average molecular weight is 480 g/mol. The highest BCUT2D eigenvalue weighted by Crippen LogP contribution is 2.25. The average Bonchev–Trinajstić information content (AvgIpc) is 2.81. The van der Waals surface area contributed by atoms with Gasteiger partial charge in [0.1, 0.15) is 6.54 Å². The Hall–Kier alpha value is -3.65. The molecular formula is C26H29N3O4S. The summed E-state index contributed by atoms with van der Waals surface area (Å²) >= 11 is 0. The fraction of sp³-hybridized carbons (Fsp3) is 0.231. The van der Waals surface area contributed by atoms with E-state index in [9.17, 15) is 18.0 Å². The number of nitrogens with zero attached hydrogens (tertiary/aromatic N) is 2. The maximum Gasteiger partial charge on any atom is 0.253 e. The molecule has 0 radical (unpaired) electrons. The van der Waals surface area contributed by atoms with Crippen molar-refractivity contribution in [1.82, 2.24) is 10.2 Å². The molecule has 0 saturated carbocycles. The van der Waals surface area contributed by atoms with Crippen molar-refractivity contribution in [2.45, 2.75) is 13.0 Å². The highest BCUT2D eigenvalue weighted by molar-refractivity contribution is 7.92. The van der Waals surface area contributed by atoms with E-state index in [1.165, 1.54) is 17.0 Å². The van der Waals surface area contributed by atoms with Gasteiger partial charge in [0.2, 0.25) is 15.9 Å². The van der Waals surface area contributed by atoms with Crippen LogP contribution in [-0.2, 0) is 14.8 Å². The lowest BCUT2D eigenvalue weighted by Gasteiger charge is -2.25. The molecular weight excluding hydrogens is 450 g/mol. The quantitative estimate of drug-likeness (QED) is 0.537. The third-order valence-corrected chi connectivity index (χ3v) is 6.57. The fourth-order valence-electron chi connectivity index (χ4n) is 3.66. The molecule has 1 N–H and O–H groups in total. The number of rotatable bonds is 8. The topological polar surface area (TPSA) is 86.8 Å². The van der Waals surface area contributed by atoms with Gasteiger partial charge in [-0.1, -0.05) is 54.6 Å².